The monoisotopic (exact) mass is 330 g/mol. The predicted molar refractivity (Wildman–Crippen MR) is 93.5 cm³/mol. The van der Waals surface area contributed by atoms with Gasteiger partial charge in [0.15, 0.2) is 0 Å². The fourth-order valence-corrected chi connectivity index (χ4v) is 3.60. The number of hydrogen-bond donors (Lipinski definition) is 1. The molecule has 6 nitrogen and oxygen atoms in total. The van der Waals surface area contributed by atoms with Crippen LogP contribution in [0.3, 0.4) is 0 Å². The lowest BCUT2D eigenvalue weighted by Gasteiger charge is -2.20. The maximum atomic E-state index is 11.1. The van der Waals surface area contributed by atoms with E-state index in [0.29, 0.717) is 11.7 Å². The summed E-state index contributed by atoms with van der Waals surface area (Å²) in [4.78, 5) is 22.3. The van der Waals surface area contributed by atoms with Gasteiger partial charge in [0.2, 0.25) is 0 Å². The van der Waals surface area contributed by atoms with Gasteiger partial charge in [0.25, 0.3) is 0 Å². The van der Waals surface area contributed by atoms with Crippen LogP contribution in [-0.2, 0) is 9.53 Å². The van der Waals surface area contributed by atoms with Crippen molar-refractivity contribution in [1.29, 1.82) is 0 Å². The van der Waals surface area contributed by atoms with Gasteiger partial charge in [-0.1, -0.05) is 12.8 Å². The smallest absolute Gasteiger partial charge is 0.330 e. The first-order valence-corrected chi connectivity index (χ1v) is 8.80. The van der Waals surface area contributed by atoms with E-state index >= 15 is 0 Å². The topological polar surface area (TPSA) is 67.3 Å². The lowest BCUT2D eigenvalue weighted by Crippen LogP contribution is -2.30. The Hall–Kier alpha value is -1.95. The van der Waals surface area contributed by atoms with Crippen LogP contribution in [-0.4, -0.2) is 53.6 Å². The molecule has 1 atom stereocenters. The van der Waals surface area contributed by atoms with Gasteiger partial charge in [-0.05, 0) is 31.3 Å². The van der Waals surface area contributed by atoms with E-state index in [4.69, 9.17) is 0 Å². The number of nitrogens with zero attached hydrogens (tertiary/aromatic N) is 3. The van der Waals surface area contributed by atoms with Crippen molar-refractivity contribution in [2.45, 2.75) is 38.1 Å². The van der Waals surface area contributed by atoms with Crippen molar-refractivity contribution in [3.05, 3.63) is 24.2 Å². The number of hydrogen-bond acceptors (Lipinski definition) is 6. The lowest BCUT2D eigenvalue weighted by atomic mass is 10.1. The Labute approximate surface area is 143 Å². The van der Waals surface area contributed by atoms with E-state index < -0.39 is 5.97 Å². The van der Waals surface area contributed by atoms with Gasteiger partial charge in [-0.25, -0.2) is 9.78 Å². The number of carbonyl (C=O) groups is 1. The summed E-state index contributed by atoms with van der Waals surface area (Å²) in [5.41, 5.74) is 0.639. The molecular formula is C18H26N4O2. The summed E-state index contributed by atoms with van der Waals surface area (Å²) in [5, 5.41) is 3.47. The molecule has 130 valence electrons. The van der Waals surface area contributed by atoms with Crippen LogP contribution in [0.1, 0.15) is 37.8 Å². The molecule has 2 fully saturated rings. The summed E-state index contributed by atoms with van der Waals surface area (Å²) in [6.07, 6.45) is 13.1. The molecule has 2 heterocycles. The zero-order chi connectivity index (χ0) is 16.8. The summed E-state index contributed by atoms with van der Waals surface area (Å²) >= 11 is 0. The second kappa shape index (κ2) is 8.24. The number of anilines is 1. The van der Waals surface area contributed by atoms with Gasteiger partial charge in [0.05, 0.1) is 25.2 Å². The van der Waals surface area contributed by atoms with Gasteiger partial charge >= 0.3 is 5.97 Å². The van der Waals surface area contributed by atoms with E-state index in [-0.39, 0.29) is 0 Å². The second-order valence-electron chi connectivity index (χ2n) is 6.72. The van der Waals surface area contributed by atoms with Crippen LogP contribution in [0.5, 0.6) is 0 Å². The summed E-state index contributed by atoms with van der Waals surface area (Å²) < 4.78 is 4.55. The van der Waals surface area contributed by atoms with Gasteiger partial charge in [0, 0.05) is 31.8 Å². The Morgan fingerprint density at radius 1 is 1.33 bits per heavy atom. The Bertz CT molecular complexity index is 567. The maximum absolute atomic E-state index is 11.1. The summed E-state index contributed by atoms with van der Waals surface area (Å²) in [7, 11) is 1.35. The van der Waals surface area contributed by atoms with Crippen molar-refractivity contribution in [2.75, 3.05) is 32.1 Å². The highest BCUT2D eigenvalue weighted by Crippen LogP contribution is 2.27. The quantitative estimate of drug-likeness (QED) is 0.638. The molecule has 1 aromatic rings. The van der Waals surface area contributed by atoms with Crippen molar-refractivity contribution in [3.63, 3.8) is 0 Å². The van der Waals surface area contributed by atoms with Gasteiger partial charge in [0.1, 0.15) is 5.82 Å². The van der Waals surface area contributed by atoms with Crippen LogP contribution in [0.25, 0.3) is 6.08 Å². The standard InChI is InChI=1S/C18H26N4O2/c1-24-18(23)7-6-15-10-20-17(11-19-15)21-16-8-9-22(13-16)12-14-4-2-3-5-14/h6-7,10-11,14,16H,2-5,8-9,12-13H2,1H3,(H,20,21)/t16-/m1/s1. The van der Waals surface area contributed by atoms with Crippen molar-refractivity contribution in [3.8, 4) is 0 Å². The van der Waals surface area contributed by atoms with Gasteiger partial charge in [-0.2, -0.15) is 0 Å². The van der Waals surface area contributed by atoms with Crippen LogP contribution < -0.4 is 5.32 Å². The molecule has 1 saturated heterocycles. The van der Waals surface area contributed by atoms with Gasteiger partial charge in [-0.3, -0.25) is 4.98 Å². The largest absolute Gasteiger partial charge is 0.466 e. The third kappa shape index (κ3) is 4.77. The Balaban J connectivity index is 1.46. The number of likely N-dealkylation sites (tertiary alicyclic amines) is 1. The number of aromatic nitrogens is 2. The van der Waals surface area contributed by atoms with Crippen molar-refractivity contribution in [1.82, 2.24) is 14.9 Å². The zero-order valence-corrected chi connectivity index (χ0v) is 14.3. The highest BCUT2D eigenvalue weighted by Gasteiger charge is 2.26. The van der Waals surface area contributed by atoms with Crippen LogP contribution in [0.15, 0.2) is 18.5 Å². The van der Waals surface area contributed by atoms with Crippen LogP contribution in [0.4, 0.5) is 5.82 Å². The predicted octanol–water partition coefficient (Wildman–Crippen LogP) is 2.34. The Kier molecular flexibility index (Phi) is 5.80. The Morgan fingerprint density at radius 3 is 2.88 bits per heavy atom. The highest BCUT2D eigenvalue weighted by atomic mass is 16.5. The molecule has 1 N–H and O–H groups in total. The minimum absolute atomic E-state index is 0.396. The van der Waals surface area contributed by atoms with Gasteiger partial charge in [-0.15, -0.1) is 0 Å². The molecular weight excluding hydrogens is 304 g/mol. The molecule has 1 aliphatic carbocycles. The minimum Gasteiger partial charge on any atom is -0.466 e. The van der Waals surface area contributed by atoms with Crippen LogP contribution in [0.2, 0.25) is 0 Å². The molecule has 1 aromatic heterocycles. The average Bonchev–Trinajstić information content (AvgIpc) is 3.26. The molecule has 1 aliphatic heterocycles. The average molecular weight is 330 g/mol. The molecule has 0 bridgehead atoms. The highest BCUT2D eigenvalue weighted by molar-refractivity contribution is 5.86. The number of nitrogens with one attached hydrogen (secondary N) is 1. The van der Waals surface area contributed by atoms with E-state index in [1.165, 1.54) is 52.0 Å². The summed E-state index contributed by atoms with van der Waals surface area (Å²) in [6.45, 7) is 3.50. The molecule has 1 saturated carbocycles. The van der Waals surface area contributed by atoms with E-state index in [9.17, 15) is 4.79 Å². The normalized spacial score (nSPS) is 22.3. The molecule has 0 radical (unpaired) electrons. The number of carbonyl (C=O) groups excluding carboxylic acids is 1. The fourth-order valence-electron chi connectivity index (χ4n) is 3.60. The second-order valence-corrected chi connectivity index (χ2v) is 6.72. The SMILES string of the molecule is COC(=O)C=Cc1cnc(N[C@@H]2CCN(CC3CCCC3)C2)cn1. The molecule has 0 amide bonds. The lowest BCUT2D eigenvalue weighted by molar-refractivity contribution is -0.134. The van der Waals surface area contributed by atoms with Crippen LogP contribution >= 0.6 is 0 Å². The number of rotatable bonds is 6. The molecule has 0 aromatic carbocycles. The van der Waals surface area contributed by atoms with Crippen molar-refractivity contribution < 1.29 is 9.53 Å². The van der Waals surface area contributed by atoms with Crippen molar-refractivity contribution in [2.24, 2.45) is 5.92 Å². The number of esters is 1. The summed E-state index contributed by atoms with van der Waals surface area (Å²) in [5.74, 6) is 1.30. The first-order chi connectivity index (χ1) is 11.7. The molecule has 24 heavy (non-hydrogen) atoms. The van der Waals surface area contributed by atoms with Crippen molar-refractivity contribution >= 4 is 17.9 Å². The molecule has 3 rings (SSSR count). The molecule has 0 spiro atoms. The third-order valence-corrected chi connectivity index (χ3v) is 4.88. The Morgan fingerprint density at radius 2 is 2.17 bits per heavy atom. The molecule has 6 heteroatoms. The number of ether oxygens (including phenoxy) is 1. The van der Waals surface area contributed by atoms with E-state index in [2.05, 4.69) is 24.9 Å². The molecule has 2 aliphatic rings. The zero-order valence-electron chi connectivity index (χ0n) is 14.3. The first-order valence-electron chi connectivity index (χ1n) is 8.80. The van der Waals surface area contributed by atoms with Gasteiger partial charge < -0.3 is 15.0 Å². The fraction of sp³-hybridized carbons (Fsp3) is 0.611. The minimum atomic E-state index is -0.396. The van der Waals surface area contributed by atoms with E-state index in [1.54, 1.807) is 18.5 Å². The van der Waals surface area contributed by atoms with Crippen LogP contribution in [0, 0.1) is 5.92 Å². The summed E-state index contributed by atoms with van der Waals surface area (Å²) in [6, 6.07) is 0.442. The third-order valence-electron chi connectivity index (χ3n) is 4.88. The first kappa shape index (κ1) is 16.9. The van der Waals surface area contributed by atoms with E-state index in [1.807, 2.05) is 0 Å². The van der Waals surface area contributed by atoms with E-state index in [0.717, 1.165) is 24.7 Å². The number of methoxy groups -OCH3 is 1. The maximum Gasteiger partial charge on any atom is 0.330 e. The molecule has 0 unspecified atom stereocenters.